The van der Waals surface area contributed by atoms with Gasteiger partial charge in [-0.1, -0.05) is 20.8 Å². The molecule has 3 N–H and O–H groups in total. The van der Waals surface area contributed by atoms with E-state index < -0.39 is 35.8 Å². The minimum Gasteiger partial charge on any atom is -0.367 e. The molecule has 148 valence electrons. The number of thiophene rings is 1. The number of carbonyl (C=O) groups is 4. The van der Waals surface area contributed by atoms with Gasteiger partial charge in [-0.2, -0.15) is 11.3 Å². The predicted octanol–water partition coefficient (Wildman–Crippen LogP) is 0.563. The van der Waals surface area contributed by atoms with Crippen LogP contribution >= 0.6 is 11.3 Å². The van der Waals surface area contributed by atoms with E-state index in [4.69, 9.17) is 10.5 Å². The van der Waals surface area contributed by atoms with E-state index in [0.29, 0.717) is 12.0 Å². The van der Waals surface area contributed by atoms with Crippen molar-refractivity contribution in [2.75, 3.05) is 13.7 Å². The minimum absolute atomic E-state index is 0.262. The lowest BCUT2D eigenvalue weighted by Gasteiger charge is -2.32. The molecule has 3 atom stereocenters. The zero-order valence-corrected chi connectivity index (χ0v) is 16.7. The second-order valence-electron chi connectivity index (χ2n) is 7.80. The second kappa shape index (κ2) is 8.18. The van der Waals surface area contributed by atoms with Crippen LogP contribution in [0, 0.1) is 5.41 Å². The summed E-state index contributed by atoms with van der Waals surface area (Å²) in [4.78, 5) is 50.4. The Morgan fingerprint density at radius 2 is 2.07 bits per heavy atom. The molecule has 0 saturated carbocycles. The number of ether oxygens (including phenoxy) is 1. The first kappa shape index (κ1) is 21.0. The lowest BCUT2D eigenvalue weighted by molar-refractivity contribution is -0.141. The molecule has 0 radical (unpaired) electrons. The topological polar surface area (TPSA) is 119 Å². The van der Waals surface area contributed by atoms with Crippen molar-refractivity contribution in [2.45, 2.75) is 45.4 Å². The summed E-state index contributed by atoms with van der Waals surface area (Å²) in [5, 5.41) is 6.21. The molecule has 3 amide bonds. The fourth-order valence-corrected chi connectivity index (χ4v) is 3.64. The quantitative estimate of drug-likeness (QED) is 0.730. The Morgan fingerprint density at radius 3 is 2.59 bits per heavy atom. The Kier molecular flexibility index (Phi) is 6.38. The number of rotatable bonds is 6. The fourth-order valence-electron chi connectivity index (χ4n) is 3.00. The van der Waals surface area contributed by atoms with E-state index in [-0.39, 0.29) is 17.9 Å². The molecule has 0 aromatic carbocycles. The molecule has 1 fully saturated rings. The monoisotopic (exact) mass is 395 g/mol. The standard InChI is InChI=1S/C18H25N3O5S/c1-18(2,3)7-11(20-16(24)10-5-6-27-9-10)17(25)21(4)13-12(22)8-26-14(13)15(19)23/h5-6,9,11,13-14H,7-8H2,1-4H3,(H2,19,23)(H,20,24)/t11-,13?,14?/m0/s1. The van der Waals surface area contributed by atoms with Gasteiger partial charge in [-0.15, -0.1) is 0 Å². The highest BCUT2D eigenvalue weighted by Crippen LogP contribution is 2.24. The van der Waals surface area contributed by atoms with Gasteiger partial charge < -0.3 is 20.7 Å². The molecule has 27 heavy (non-hydrogen) atoms. The number of primary amides is 1. The highest BCUT2D eigenvalue weighted by atomic mass is 32.1. The Morgan fingerprint density at radius 1 is 1.41 bits per heavy atom. The number of hydrogen-bond donors (Lipinski definition) is 2. The smallest absolute Gasteiger partial charge is 0.252 e. The highest BCUT2D eigenvalue weighted by molar-refractivity contribution is 7.08. The number of ketones is 1. The first-order valence-corrected chi connectivity index (χ1v) is 9.49. The van der Waals surface area contributed by atoms with Gasteiger partial charge in [0.2, 0.25) is 11.8 Å². The largest absolute Gasteiger partial charge is 0.367 e. The third-order valence-corrected chi connectivity index (χ3v) is 4.95. The molecule has 2 heterocycles. The molecule has 8 nitrogen and oxygen atoms in total. The highest BCUT2D eigenvalue weighted by Gasteiger charge is 2.45. The third-order valence-electron chi connectivity index (χ3n) is 4.27. The Balaban J connectivity index is 2.22. The van der Waals surface area contributed by atoms with Crippen LogP contribution in [0.15, 0.2) is 16.8 Å². The molecule has 2 rings (SSSR count). The van der Waals surface area contributed by atoms with E-state index in [2.05, 4.69) is 5.32 Å². The number of hydrogen-bond acceptors (Lipinski definition) is 6. The zero-order chi connectivity index (χ0) is 20.4. The summed E-state index contributed by atoms with van der Waals surface area (Å²) in [5.74, 6) is -2.04. The molecular weight excluding hydrogens is 370 g/mol. The summed E-state index contributed by atoms with van der Waals surface area (Å²) >= 11 is 1.38. The maximum Gasteiger partial charge on any atom is 0.252 e. The summed E-state index contributed by atoms with van der Waals surface area (Å²) in [7, 11) is 1.42. The number of nitrogens with one attached hydrogen (secondary N) is 1. The van der Waals surface area contributed by atoms with E-state index in [1.807, 2.05) is 20.8 Å². The van der Waals surface area contributed by atoms with E-state index >= 15 is 0 Å². The summed E-state index contributed by atoms with van der Waals surface area (Å²) in [6.45, 7) is 5.56. The van der Waals surface area contributed by atoms with Crippen molar-refractivity contribution in [3.8, 4) is 0 Å². The number of Topliss-reactive ketones (excluding diaryl/α,β-unsaturated/α-hetero) is 1. The summed E-state index contributed by atoms with van der Waals surface area (Å²) in [6.07, 6.45) is -0.830. The molecule has 1 aromatic rings. The van der Waals surface area contributed by atoms with Crippen LogP contribution in [-0.2, 0) is 19.1 Å². The van der Waals surface area contributed by atoms with Gasteiger partial charge in [0.1, 0.15) is 18.7 Å². The van der Waals surface area contributed by atoms with Crippen LogP contribution in [0.1, 0.15) is 37.6 Å². The maximum absolute atomic E-state index is 13.1. The molecule has 1 aliphatic heterocycles. The fraction of sp³-hybridized carbons (Fsp3) is 0.556. The molecule has 1 saturated heterocycles. The van der Waals surface area contributed by atoms with Gasteiger partial charge >= 0.3 is 0 Å². The number of likely N-dealkylation sites (N-methyl/N-ethyl adjacent to an activating group) is 1. The van der Waals surface area contributed by atoms with Gasteiger partial charge in [0.15, 0.2) is 11.9 Å². The van der Waals surface area contributed by atoms with Crippen molar-refractivity contribution >= 4 is 34.8 Å². The molecular formula is C18H25N3O5S. The van der Waals surface area contributed by atoms with E-state index in [1.54, 1.807) is 16.8 Å². The normalized spacial score (nSPS) is 21.0. The van der Waals surface area contributed by atoms with Crippen molar-refractivity contribution in [1.82, 2.24) is 10.2 Å². The van der Waals surface area contributed by atoms with Crippen molar-refractivity contribution in [3.05, 3.63) is 22.4 Å². The average molecular weight is 395 g/mol. The van der Waals surface area contributed by atoms with Gasteiger partial charge in [-0.25, -0.2) is 0 Å². The lowest BCUT2D eigenvalue weighted by atomic mass is 9.87. The van der Waals surface area contributed by atoms with E-state index in [1.165, 1.54) is 18.4 Å². The lowest BCUT2D eigenvalue weighted by Crippen LogP contribution is -2.56. The Labute approximate surface area is 162 Å². The molecule has 0 aliphatic carbocycles. The predicted molar refractivity (Wildman–Crippen MR) is 100 cm³/mol. The molecule has 0 spiro atoms. The van der Waals surface area contributed by atoms with Gasteiger partial charge in [0.25, 0.3) is 5.91 Å². The number of nitrogens with zero attached hydrogens (tertiary/aromatic N) is 1. The Bertz CT molecular complexity index is 726. The van der Waals surface area contributed by atoms with Crippen LogP contribution < -0.4 is 11.1 Å². The van der Waals surface area contributed by atoms with Gasteiger partial charge in [-0.05, 0) is 23.3 Å². The first-order chi connectivity index (χ1) is 12.5. The van der Waals surface area contributed by atoms with Crippen LogP contribution in [0.3, 0.4) is 0 Å². The van der Waals surface area contributed by atoms with E-state index in [0.717, 1.165) is 4.90 Å². The van der Waals surface area contributed by atoms with Crippen molar-refractivity contribution < 1.29 is 23.9 Å². The van der Waals surface area contributed by atoms with Crippen molar-refractivity contribution in [1.29, 1.82) is 0 Å². The second-order valence-corrected chi connectivity index (χ2v) is 8.58. The van der Waals surface area contributed by atoms with Crippen LogP contribution in [-0.4, -0.2) is 60.2 Å². The van der Waals surface area contributed by atoms with Gasteiger partial charge in [0, 0.05) is 12.4 Å². The molecule has 0 bridgehead atoms. The zero-order valence-electron chi connectivity index (χ0n) is 15.9. The van der Waals surface area contributed by atoms with Crippen molar-refractivity contribution in [2.24, 2.45) is 11.1 Å². The third kappa shape index (κ3) is 5.14. The molecule has 2 unspecified atom stereocenters. The maximum atomic E-state index is 13.1. The first-order valence-electron chi connectivity index (χ1n) is 8.54. The Hall–Kier alpha value is -2.26. The summed E-state index contributed by atoms with van der Waals surface area (Å²) in [6, 6.07) is -0.278. The molecule has 1 aromatic heterocycles. The van der Waals surface area contributed by atoms with E-state index in [9.17, 15) is 19.2 Å². The molecule has 1 aliphatic rings. The average Bonchev–Trinajstić information content (AvgIpc) is 3.21. The SMILES string of the molecule is CN(C(=O)[C@H](CC(C)(C)C)NC(=O)c1ccsc1)C1C(=O)COC1C(N)=O. The summed E-state index contributed by atoms with van der Waals surface area (Å²) in [5.41, 5.74) is 5.49. The van der Waals surface area contributed by atoms with Gasteiger partial charge in [-0.3, -0.25) is 19.2 Å². The van der Waals surface area contributed by atoms with Gasteiger partial charge in [0.05, 0.1) is 5.56 Å². The minimum atomic E-state index is -1.19. The number of nitrogens with two attached hydrogens (primary N) is 1. The van der Waals surface area contributed by atoms with Crippen LogP contribution in [0.5, 0.6) is 0 Å². The van der Waals surface area contributed by atoms with Crippen LogP contribution in [0.25, 0.3) is 0 Å². The van der Waals surface area contributed by atoms with Crippen LogP contribution in [0.2, 0.25) is 0 Å². The number of amides is 3. The number of carbonyl (C=O) groups excluding carboxylic acids is 4. The van der Waals surface area contributed by atoms with Crippen LogP contribution in [0.4, 0.5) is 0 Å². The summed E-state index contributed by atoms with van der Waals surface area (Å²) < 4.78 is 5.13. The molecule has 9 heteroatoms. The van der Waals surface area contributed by atoms with Crippen molar-refractivity contribution in [3.63, 3.8) is 0 Å².